The van der Waals surface area contributed by atoms with Crippen LogP contribution in [0, 0.1) is 0 Å². The van der Waals surface area contributed by atoms with E-state index in [1.54, 1.807) is 0 Å². The Kier molecular flexibility index (Phi) is 5.51. The number of nitrogens with one attached hydrogen (secondary N) is 1. The van der Waals surface area contributed by atoms with Crippen LogP contribution in [0.25, 0.3) is 17.1 Å². The molecule has 166 valence electrons. The molecular formula is C21H20N4O5S2. The Bertz CT molecular complexity index is 1260. The zero-order chi connectivity index (χ0) is 22.1. The standard InChI is InChI=1S/C21H20N4O5S2/c26-19(22-15-8-9-32(27,28)12-15)11-31-21-24-23-20(25(21)16-4-2-1-3-5-16)14-6-7-17-18(10-14)30-13-29-17/h1-7,10,15H,8-9,11-13H2,(H,22,26). The van der Waals surface area contributed by atoms with Gasteiger partial charge in [-0.05, 0) is 36.8 Å². The van der Waals surface area contributed by atoms with E-state index in [-0.39, 0.29) is 36.0 Å². The molecule has 0 spiro atoms. The second kappa shape index (κ2) is 8.47. The molecule has 0 radical (unpaired) electrons. The van der Waals surface area contributed by atoms with Crippen LogP contribution in [0.5, 0.6) is 11.5 Å². The van der Waals surface area contributed by atoms with Crippen molar-refractivity contribution in [1.82, 2.24) is 20.1 Å². The Hall–Kier alpha value is -3.05. The highest BCUT2D eigenvalue weighted by molar-refractivity contribution is 7.99. The lowest BCUT2D eigenvalue weighted by molar-refractivity contribution is -0.119. The summed E-state index contributed by atoms with van der Waals surface area (Å²) in [6.07, 6.45) is 0.452. The van der Waals surface area contributed by atoms with Crippen molar-refractivity contribution in [2.24, 2.45) is 0 Å². The maximum Gasteiger partial charge on any atom is 0.231 e. The van der Waals surface area contributed by atoms with Crippen molar-refractivity contribution in [3.63, 3.8) is 0 Å². The minimum atomic E-state index is -3.05. The average Bonchev–Trinajstić information content (AvgIpc) is 3.50. The number of benzene rings is 2. The van der Waals surface area contributed by atoms with E-state index in [0.29, 0.717) is 28.9 Å². The fourth-order valence-corrected chi connectivity index (χ4v) is 6.14. The molecule has 11 heteroatoms. The van der Waals surface area contributed by atoms with Crippen molar-refractivity contribution in [3.05, 3.63) is 48.5 Å². The lowest BCUT2D eigenvalue weighted by atomic mass is 10.2. The second-order valence-electron chi connectivity index (χ2n) is 7.50. The van der Waals surface area contributed by atoms with Gasteiger partial charge in [-0.15, -0.1) is 10.2 Å². The second-order valence-corrected chi connectivity index (χ2v) is 10.7. The Labute approximate surface area is 189 Å². The number of sulfone groups is 1. The molecule has 9 nitrogen and oxygen atoms in total. The average molecular weight is 473 g/mol. The smallest absolute Gasteiger partial charge is 0.231 e. The number of aromatic nitrogens is 3. The molecule has 1 saturated heterocycles. The van der Waals surface area contributed by atoms with Gasteiger partial charge in [-0.25, -0.2) is 8.42 Å². The number of para-hydroxylation sites is 1. The van der Waals surface area contributed by atoms with Crippen LogP contribution >= 0.6 is 11.8 Å². The third-order valence-electron chi connectivity index (χ3n) is 5.21. The van der Waals surface area contributed by atoms with Crippen LogP contribution in [0.3, 0.4) is 0 Å². The number of fused-ring (bicyclic) bond motifs is 1. The third-order valence-corrected chi connectivity index (χ3v) is 7.91. The monoisotopic (exact) mass is 472 g/mol. The van der Waals surface area contributed by atoms with Crippen LogP contribution in [0.4, 0.5) is 0 Å². The van der Waals surface area contributed by atoms with E-state index in [1.807, 2.05) is 53.1 Å². The number of amides is 1. The fraction of sp³-hybridized carbons (Fsp3) is 0.286. The molecule has 0 bridgehead atoms. The van der Waals surface area contributed by atoms with E-state index in [1.165, 1.54) is 11.8 Å². The van der Waals surface area contributed by atoms with Crippen molar-refractivity contribution in [2.75, 3.05) is 24.1 Å². The quantitative estimate of drug-likeness (QED) is 0.543. The van der Waals surface area contributed by atoms with Crippen molar-refractivity contribution < 1.29 is 22.7 Å². The molecular weight excluding hydrogens is 452 g/mol. The van der Waals surface area contributed by atoms with E-state index in [2.05, 4.69) is 15.5 Å². The summed E-state index contributed by atoms with van der Waals surface area (Å²) < 4.78 is 36.0. The molecule has 2 aliphatic heterocycles. The van der Waals surface area contributed by atoms with Crippen LogP contribution in [-0.2, 0) is 14.6 Å². The molecule has 5 rings (SSSR count). The molecule has 32 heavy (non-hydrogen) atoms. The number of ether oxygens (including phenoxy) is 2. The predicted octanol–water partition coefficient (Wildman–Crippen LogP) is 2.06. The summed E-state index contributed by atoms with van der Waals surface area (Å²) in [5, 5.41) is 12.0. The van der Waals surface area contributed by atoms with Gasteiger partial charge in [-0.3, -0.25) is 9.36 Å². The molecule has 2 aromatic carbocycles. The largest absolute Gasteiger partial charge is 0.454 e. The van der Waals surface area contributed by atoms with Gasteiger partial charge in [0.15, 0.2) is 32.3 Å². The van der Waals surface area contributed by atoms with Gasteiger partial charge >= 0.3 is 0 Å². The summed E-state index contributed by atoms with van der Waals surface area (Å²) >= 11 is 1.25. The van der Waals surface area contributed by atoms with Gasteiger partial charge in [-0.1, -0.05) is 30.0 Å². The first-order valence-corrected chi connectivity index (χ1v) is 12.8. The Morgan fingerprint density at radius 1 is 1.12 bits per heavy atom. The summed E-state index contributed by atoms with van der Waals surface area (Å²) in [6.45, 7) is 0.183. The molecule has 1 unspecified atom stereocenters. The number of hydrogen-bond acceptors (Lipinski definition) is 8. The third kappa shape index (κ3) is 4.30. The fourth-order valence-electron chi connectivity index (χ4n) is 3.70. The van der Waals surface area contributed by atoms with Crippen molar-refractivity contribution >= 4 is 27.5 Å². The first-order chi connectivity index (χ1) is 15.5. The van der Waals surface area contributed by atoms with Crippen LogP contribution in [0.1, 0.15) is 6.42 Å². The molecule has 1 N–H and O–H groups in total. The molecule has 3 heterocycles. The predicted molar refractivity (Wildman–Crippen MR) is 119 cm³/mol. The number of rotatable bonds is 6. The SMILES string of the molecule is O=C(CSc1nnc(-c2ccc3c(c2)OCO3)n1-c1ccccc1)NC1CCS(=O)(=O)C1. The molecule has 2 aliphatic rings. The molecule has 1 fully saturated rings. The van der Waals surface area contributed by atoms with Gasteiger partial charge in [-0.2, -0.15) is 0 Å². The maximum absolute atomic E-state index is 12.4. The highest BCUT2D eigenvalue weighted by Gasteiger charge is 2.29. The lowest BCUT2D eigenvalue weighted by Gasteiger charge is -2.12. The number of carbonyl (C=O) groups is 1. The molecule has 1 aromatic heterocycles. The topological polar surface area (TPSA) is 112 Å². The zero-order valence-electron chi connectivity index (χ0n) is 16.9. The van der Waals surface area contributed by atoms with E-state index in [9.17, 15) is 13.2 Å². The summed E-state index contributed by atoms with van der Waals surface area (Å²) in [5.41, 5.74) is 1.66. The summed E-state index contributed by atoms with van der Waals surface area (Å²) in [4.78, 5) is 12.4. The van der Waals surface area contributed by atoms with Crippen molar-refractivity contribution in [1.29, 1.82) is 0 Å². The summed E-state index contributed by atoms with van der Waals surface area (Å²) in [6, 6.07) is 14.9. The highest BCUT2D eigenvalue weighted by atomic mass is 32.2. The number of nitrogens with zero attached hydrogens (tertiary/aromatic N) is 3. The Balaban J connectivity index is 1.39. The maximum atomic E-state index is 12.4. The van der Waals surface area contributed by atoms with Crippen LogP contribution in [-0.4, -0.2) is 59.2 Å². The molecule has 0 aliphatic carbocycles. The molecule has 1 amide bonds. The number of hydrogen-bond donors (Lipinski definition) is 1. The van der Waals surface area contributed by atoms with E-state index >= 15 is 0 Å². The van der Waals surface area contributed by atoms with Gasteiger partial charge in [0.1, 0.15) is 0 Å². The summed E-state index contributed by atoms with van der Waals surface area (Å²) in [5.74, 6) is 1.92. The molecule has 3 aromatic rings. The van der Waals surface area contributed by atoms with Gasteiger partial charge in [0.05, 0.1) is 17.3 Å². The molecule has 0 saturated carbocycles. The van der Waals surface area contributed by atoms with Gasteiger partial charge in [0.25, 0.3) is 0 Å². The first kappa shape index (κ1) is 20.8. The van der Waals surface area contributed by atoms with Crippen LogP contribution in [0.2, 0.25) is 0 Å². The normalized spacial score (nSPS) is 18.6. The van der Waals surface area contributed by atoms with Gasteiger partial charge < -0.3 is 14.8 Å². The number of thioether (sulfide) groups is 1. The van der Waals surface area contributed by atoms with Crippen molar-refractivity contribution in [2.45, 2.75) is 17.6 Å². The first-order valence-electron chi connectivity index (χ1n) is 10.0. The number of carbonyl (C=O) groups excluding carboxylic acids is 1. The molecule has 1 atom stereocenters. The van der Waals surface area contributed by atoms with E-state index in [0.717, 1.165) is 11.3 Å². The van der Waals surface area contributed by atoms with Gasteiger partial charge in [0.2, 0.25) is 12.7 Å². The lowest BCUT2D eigenvalue weighted by Crippen LogP contribution is -2.36. The van der Waals surface area contributed by atoms with Crippen molar-refractivity contribution in [3.8, 4) is 28.6 Å². The van der Waals surface area contributed by atoms with Crippen LogP contribution < -0.4 is 14.8 Å². The minimum absolute atomic E-state index is 0.00212. The summed E-state index contributed by atoms with van der Waals surface area (Å²) in [7, 11) is -3.05. The van der Waals surface area contributed by atoms with E-state index < -0.39 is 9.84 Å². The minimum Gasteiger partial charge on any atom is -0.454 e. The Morgan fingerprint density at radius 2 is 1.94 bits per heavy atom. The van der Waals surface area contributed by atoms with Gasteiger partial charge in [0, 0.05) is 17.3 Å². The zero-order valence-corrected chi connectivity index (χ0v) is 18.6. The Morgan fingerprint density at radius 3 is 2.72 bits per heavy atom. The highest BCUT2D eigenvalue weighted by Crippen LogP contribution is 2.37. The van der Waals surface area contributed by atoms with E-state index in [4.69, 9.17) is 9.47 Å². The van der Waals surface area contributed by atoms with Crippen LogP contribution in [0.15, 0.2) is 53.7 Å².